The van der Waals surface area contributed by atoms with E-state index < -0.39 is 0 Å². The Bertz CT molecular complexity index is 849. The molecule has 0 amide bonds. The van der Waals surface area contributed by atoms with Crippen LogP contribution in [0.4, 0.5) is 0 Å². The van der Waals surface area contributed by atoms with E-state index in [2.05, 4.69) is 23.5 Å². The van der Waals surface area contributed by atoms with Gasteiger partial charge in [-0.3, -0.25) is 0 Å². The normalized spacial score (nSPS) is 10.4. The van der Waals surface area contributed by atoms with Gasteiger partial charge in [0.05, 0.1) is 7.11 Å². The number of ether oxygens (including phenoxy) is 3. The molecule has 1 N–H and O–H groups in total. The van der Waals surface area contributed by atoms with Crippen molar-refractivity contribution in [1.82, 2.24) is 5.32 Å². The lowest BCUT2D eigenvalue weighted by molar-refractivity contribution is 0.211. The second-order valence-corrected chi connectivity index (χ2v) is 6.07. The molecule has 4 heteroatoms. The van der Waals surface area contributed by atoms with E-state index in [1.165, 1.54) is 0 Å². The number of methoxy groups -OCH3 is 1. The minimum atomic E-state index is 0.433. The molecule has 3 aromatic rings. The van der Waals surface area contributed by atoms with Crippen molar-refractivity contribution in [2.24, 2.45) is 0 Å². The predicted molar refractivity (Wildman–Crippen MR) is 109 cm³/mol. The van der Waals surface area contributed by atoms with Gasteiger partial charge in [-0.25, -0.2) is 0 Å². The monoisotopic (exact) mass is 363 g/mol. The molecule has 0 saturated carbocycles. The number of hydrogen-bond donors (Lipinski definition) is 1. The van der Waals surface area contributed by atoms with Gasteiger partial charge in [0.15, 0.2) is 11.5 Å². The van der Waals surface area contributed by atoms with Gasteiger partial charge in [-0.05, 0) is 36.4 Å². The Labute approximate surface area is 160 Å². The van der Waals surface area contributed by atoms with Crippen molar-refractivity contribution >= 4 is 0 Å². The van der Waals surface area contributed by atoms with Crippen molar-refractivity contribution in [3.05, 3.63) is 78.4 Å². The molecule has 0 saturated heterocycles. The molecule has 0 spiro atoms. The van der Waals surface area contributed by atoms with Crippen LogP contribution in [0.2, 0.25) is 0 Å². The molecule has 0 fully saturated rings. The topological polar surface area (TPSA) is 39.7 Å². The molecular formula is C23H25NO3. The van der Waals surface area contributed by atoms with E-state index in [9.17, 15) is 0 Å². The summed E-state index contributed by atoms with van der Waals surface area (Å²) in [6, 6.07) is 24.2. The van der Waals surface area contributed by atoms with Crippen molar-refractivity contribution < 1.29 is 14.2 Å². The van der Waals surface area contributed by atoms with Crippen LogP contribution in [-0.2, 0) is 6.54 Å². The summed E-state index contributed by atoms with van der Waals surface area (Å²) < 4.78 is 17.3. The molecule has 3 rings (SSSR count). The molecule has 140 valence electrons. The molecule has 4 nitrogen and oxygen atoms in total. The first kappa shape index (κ1) is 18.8. The zero-order chi connectivity index (χ0) is 18.9. The highest BCUT2D eigenvalue weighted by Crippen LogP contribution is 2.30. The Kier molecular flexibility index (Phi) is 6.72. The van der Waals surface area contributed by atoms with Crippen LogP contribution in [-0.4, -0.2) is 27.4 Å². The lowest BCUT2D eigenvalue weighted by Gasteiger charge is -2.14. The first-order chi connectivity index (χ1) is 13.3. The number of hydrogen-bond acceptors (Lipinski definition) is 4. The Hall–Kier alpha value is -2.98. The van der Waals surface area contributed by atoms with Crippen LogP contribution in [0.5, 0.6) is 17.2 Å². The summed E-state index contributed by atoms with van der Waals surface area (Å²) in [6.45, 7) is 1.66. The van der Waals surface area contributed by atoms with E-state index in [0.29, 0.717) is 13.2 Å². The molecule has 27 heavy (non-hydrogen) atoms. The van der Waals surface area contributed by atoms with Gasteiger partial charge in [-0.15, -0.1) is 0 Å². The van der Waals surface area contributed by atoms with Crippen LogP contribution >= 0.6 is 0 Å². The van der Waals surface area contributed by atoms with E-state index >= 15 is 0 Å². The number of nitrogens with one attached hydrogen (secondary N) is 1. The maximum Gasteiger partial charge on any atom is 0.161 e. The fraction of sp³-hybridized carbons (Fsp3) is 0.217. The van der Waals surface area contributed by atoms with Gasteiger partial charge in [-0.2, -0.15) is 0 Å². The van der Waals surface area contributed by atoms with Crippen LogP contribution in [0.15, 0.2) is 72.8 Å². The van der Waals surface area contributed by atoms with Crippen LogP contribution in [0, 0.1) is 0 Å². The second-order valence-electron chi connectivity index (χ2n) is 6.07. The van der Waals surface area contributed by atoms with E-state index in [0.717, 1.165) is 40.5 Å². The van der Waals surface area contributed by atoms with Gasteiger partial charge < -0.3 is 19.5 Å². The van der Waals surface area contributed by atoms with Gasteiger partial charge in [0.25, 0.3) is 0 Å². The van der Waals surface area contributed by atoms with Gasteiger partial charge in [-0.1, -0.05) is 54.6 Å². The smallest absolute Gasteiger partial charge is 0.161 e. The standard InChI is InChI=1S/C23H25NO3/c1-24-17-18-12-13-22(25-2)23(16-18)27-15-14-26-21-11-7-6-10-20(21)19-8-4-3-5-9-19/h3-13,16,24H,14-15,17H2,1-2H3. The summed E-state index contributed by atoms with van der Waals surface area (Å²) in [7, 11) is 3.56. The Balaban J connectivity index is 1.62. The van der Waals surface area contributed by atoms with Crippen LogP contribution in [0.25, 0.3) is 11.1 Å². The third kappa shape index (κ3) is 5.02. The SMILES string of the molecule is CNCc1ccc(OC)c(OCCOc2ccccc2-c2ccccc2)c1. The van der Waals surface area contributed by atoms with E-state index in [1.54, 1.807) is 7.11 Å². The molecule has 0 aromatic heterocycles. The lowest BCUT2D eigenvalue weighted by Crippen LogP contribution is -2.11. The average Bonchev–Trinajstić information content (AvgIpc) is 2.72. The summed E-state index contributed by atoms with van der Waals surface area (Å²) in [5.41, 5.74) is 3.35. The molecule has 0 aliphatic rings. The average molecular weight is 363 g/mol. The first-order valence-corrected chi connectivity index (χ1v) is 9.03. The fourth-order valence-corrected chi connectivity index (χ4v) is 2.90. The summed E-state index contributed by atoms with van der Waals surface area (Å²) in [5, 5.41) is 3.14. The van der Waals surface area contributed by atoms with Gasteiger partial charge in [0.1, 0.15) is 19.0 Å². The zero-order valence-electron chi connectivity index (χ0n) is 15.8. The molecule has 0 bridgehead atoms. The van der Waals surface area contributed by atoms with Crippen molar-refractivity contribution in [2.45, 2.75) is 6.54 Å². The molecule has 0 heterocycles. The highest BCUT2D eigenvalue weighted by molar-refractivity contribution is 5.70. The Morgan fingerprint density at radius 1 is 0.741 bits per heavy atom. The molecule has 0 aliphatic heterocycles. The summed E-state index contributed by atoms with van der Waals surface area (Å²) in [6.07, 6.45) is 0. The summed E-state index contributed by atoms with van der Waals surface area (Å²) >= 11 is 0. The maximum atomic E-state index is 5.99. The zero-order valence-corrected chi connectivity index (χ0v) is 15.8. The van der Waals surface area contributed by atoms with Crippen molar-refractivity contribution in [3.8, 4) is 28.4 Å². The number of para-hydroxylation sites is 1. The second kappa shape index (κ2) is 9.64. The van der Waals surface area contributed by atoms with E-state index in [1.807, 2.05) is 61.6 Å². The summed E-state index contributed by atoms with van der Waals surface area (Å²) in [5.74, 6) is 2.30. The molecule has 0 aliphatic carbocycles. The van der Waals surface area contributed by atoms with Crippen LogP contribution < -0.4 is 19.5 Å². The Morgan fingerprint density at radius 2 is 1.44 bits per heavy atom. The Morgan fingerprint density at radius 3 is 2.19 bits per heavy atom. The molecular weight excluding hydrogens is 338 g/mol. The first-order valence-electron chi connectivity index (χ1n) is 9.03. The van der Waals surface area contributed by atoms with E-state index in [4.69, 9.17) is 14.2 Å². The van der Waals surface area contributed by atoms with Crippen molar-refractivity contribution in [2.75, 3.05) is 27.4 Å². The number of rotatable bonds is 9. The predicted octanol–water partition coefficient (Wildman–Crippen LogP) is 4.54. The van der Waals surface area contributed by atoms with Gasteiger partial charge in [0, 0.05) is 12.1 Å². The van der Waals surface area contributed by atoms with Gasteiger partial charge >= 0.3 is 0 Å². The third-order valence-electron chi connectivity index (χ3n) is 4.18. The summed E-state index contributed by atoms with van der Waals surface area (Å²) in [4.78, 5) is 0. The van der Waals surface area contributed by atoms with E-state index in [-0.39, 0.29) is 0 Å². The number of benzene rings is 3. The largest absolute Gasteiger partial charge is 0.493 e. The van der Waals surface area contributed by atoms with Crippen LogP contribution in [0.1, 0.15) is 5.56 Å². The molecule has 3 aromatic carbocycles. The lowest BCUT2D eigenvalue weighted by atomic mass is 10.1. The highest BCUT2D eigenvalue weighted by atomic mass is 16.5. The fourth-order valence-electron chi connectivity index (χ4n) is 2.90. The van der Waals surface area contributed by atoms with Crippen LogP contribution in [0.3, 0.4) is 0 Å². The maximum absolute atomic E-state index is 5.99. The van der Waals surface area contributed by atoms with Crippen molar-refractivity contribution in [3.63, 3.8) is 0 Å². The minimum Gasteiger partial charge on any atom is -0.493 e. The minimum absolute atomic E-state index is 0.433. The van der Waals surface area contributed by atoms with Crippen molar-refractivity contribution in [1.29, 1.82) is 0 Å². The third-order valence-corrected chi connectivity index (χ3v) is 4.18. The molecule has 0 atom stereocenters. The highest BCUT2D eigenvalue weighted by Gasteiger charge is 2.08. The molecule has 0 unspecified atom stereocenters. The quantitative estimate of drug-likeness (QED) is 0.567. The molecule has 0 radical (unpaired) electrons. The van der Waals surface area contributed by atoms with Gasteiger partial charge in [0.2, 0.25) is 0 Å².